The van der Waals surface area contributed by atoms with E-state index >= 15 is 0 Å². The summed E-state index contributed by atoms with van der Waals surface area (Å²) in [7, 11) is 0. The monoisotopic (exact) mass is 301 g/mol. The Kier molecular flexibility index (Phi) is 5.53. The summed E-state index contributed by atoms with van der Waals surface area (Å²) in [6.45, 7) is 3.76. The molecule has 0 saturated carbocycles. The van der Waals surface area contributed by atoms with Gasteiger partial charge in [0.25, 0.3) is 5.91 Å². The Morgan fingerprint density at radius 1 is 1.14 bits per heavy atom. The zero-order chi connectivity index (χ0) is 15.9. The van der Waals surface area contributed by atoms with Crippen LogP contribution >= 0.6 is 0 Å². The molecule has 0 unspecified atom stereocenters. The lowest BCUT2D eigenvalue weighted by Crippen LogP contribution is -2.39. The van der Waals surface area contributed by atoms with Gasteiger partial charge in [0.2, 0.25) is 0 Å². The van der Waals surface area contributed by atoms with E-state index in [4.69, 9.17) is 4.74 Å². The van der Waals surface area contributed by atoms with Crippen LogP contribution in [0.15, 0.2) is 54.6 Å². The van der Waals surface area contributed by atoms with Gasteiger partial charge in [0.1, 0.15) is 11.6 Å². The van der Waals surface area contributed by atoms with Crippen LogP contribution in [0.1, 0.15) is 31.9 Å². The van der Waals surface area contributed by atoms with Crippen LogP contribution in [0.4, 0.5) is 4.39 Å². The molecular formula is C18H20FNO2. The predicted molar refractivity (Wildman–Crippen MR) is 84.1 cm³/mol. The number of carbonyl (C=O) groups is 1. The van der Waals surface area contributed by atoms with E-state index < -0.39 is 6.10 Å². The maximum Gasteiger partial charge on any atom is 0.261 e. The lowest BCUT2D eigenvalue weighted by Gasteiger charge is -2.20. The predicted octanol–water partition coefficient (Wildman–Crippen LogP) is 3.86. The fraction of sp³-hybridized carbons (Fsp3) is 0.278. The maximum atomic E-state index is 12.9. The summed E-state index contributed by atoms with van der Waals surface area (Å²) in [5.74, 6) is 0.197. The van der Waals surface area contributed by atoms with E-state index in [1.54, 1.807) is 12.1 Å². The molecule has 1 N–H and O–H groups in total. The van der Waals surface area contributed by atoms with Crippen LogP contribution in [-0.4, -0.2) is 12.0 Å². The molecule has 3 nitrogen and oxygen atoms in total. The Morgan fingerprint density at radius 2 is 1.77 bits per heavy atom. The van der Waals surface area contributed by atoms with Gasteiger partial charge in [0.05, 0.1) is 6.04 Å². The Labute approximate surface area is 130 Å². The second kappa shape index (κ2) is 7.59. The Bertz CT molecular complexity index is 598. The summed E-state index contributed by atoms with van der Waals surface area (Å²) < 4.78 is 18.6. The molecular weight excluding hydrogens is 281 g/mol. The number of rotatable bonds is 6. The molecule has 2 atom stereocenters. The quantitative estimate of drug-likeness (QED) is 0.880. The highest BCUT2D eigenvalue weighted by atomic mass is 19.1. The SMILES string of the molecule is CC[C@H](Oc1ccccc1)C(=O)N[C@H](C)c1ccc(F)cc1. The molecule has 0 radical (unpaired) electrons. The number of carbonyl (C=O) groups excluding carboxylic acids is 1. The number of para-hydroxylation sites is 1. The first-order valence-electron chi connectivity index (χ1n) is 7.37. The average molecular weight is 301 g/mol. The summed E-state index contributed by atoms with van der Waals surface area (Å²) in [6, 6.07) is 15.1. The van der Waals surface area contributed by atoms with Crippen molar-refractivity contribution < 1.29 is 13.9 Å². The standard InChI is InChI=1S/C18H20FNO2/c1-3-17(22-16-7-5-4-6-8-16)18(21)20-13(2)14-9-11-15(19)12-10-14/h4-13,17H,3H2,1-2H3,(H,20,21)/t13-,17+/m1/s1. The summed E-state index contributed by atoms with van der Waals surface area (Å²) in [5, 5.41) is 2.90. The molecule has 0 aliphatic carbocycles. The van der Waals surface area contributed by atoms with E-state index in [0.717, 1.165) is 5.56 Å². The molecule has 0 fully saturated rings. The fourth-order valence-corrected chi connectivity index (χ4v) is 2.13. The van der Waals surface area contributed by atoms with Crippen molar-refractivity contribution in [3.05, 3.63) is 66.0 Å². The van der Waals surface area contributed by atoms with E-state index in [1.165, 1.54) is 12.1 Å². The van der Waals surface area contributed by atoms with Crippen LogP contribution in [0, 0.1) is 5.82 Å². The van der Waals surface area contributed by atoms with Gasteiger partial charge in [-0.05, 0) is 43.2 Å². The van der Waals surface area contributed by atoms with Gasteiger partial charge < -0.3 is 10.1 Å². The van der Waals surface area contributed by atoms with Gasteiger partial charge in [-0.1, -0.05) is 37.3 Å². The van der Waals surface area contributed by atoms with Gasteiger partial charge >= 0.3 is 0 Å². The summed E-state index contributed by atoms with van der Waals surface area (Å²) in [5.41, 5.74) is 0.851. The van der Waals surface area contributed by atoms with Crippen LogP contribution in [0.2, 0.25) is 0 Å². The summed E-state index contributed by atoms with van der Waals surface area (Å²) >= 11 is 0. The van der Waals surface area contributed by atoms with Crippen LogP contribution in [0.3, 0.4) is 0 Å². The number of benzene rings is 2. The van der Waals surface area contributed by atoms with E-state index in [2.05, 4.69) is 5.32 Å². The lowest BCUT2D eigenvalue weighted by molar-refractivity contribution is -0.128. The normalized spacial score (nSPS) is 13.2. The van der Waals surface area contributed by atoms with Crippen molar-refractivity contribution in [1.29, 1.82) is 0 Å². The van der Waals surface area contributed by atoms with Crippen LogP contribution < -0.4 is 10.1 Å². The molecule has 2 aromatic carbocycles. The van der Waals surface area contributed by atoms with Crippen molar-refractivity contribution in [3.8, 4) is 5.75 Å². The molecule has 116 valence electrons. The van der Waals surface area contributed by atoms with Crippen LogP contribution in [0.25, 0.3) is 0 Å². The molecule has 0 aromatic heterocycles. The highest BCUT2D eigenvalue weighted by molar-refractivity contribution is 5.81. The highest BCUT2D eigenvalue weighted by Gasteiger charge is 2.20. The van der Waals surface area contributed by atoms with Gasteiger partial charge in [-0.15, -0.1) is 0 Å². The van der Waals surface area contributed by atoms with Crippen LogP contribution in [-0.2, 0) is 4.79 Å². The number of hydrogen-bond acceptors (Lipinski definition) is 2. The number of ether oxygens (including phenoxy) is 1. The van der Waals surface area contributed by atoms with Gasteiger partial charge in [-0.2, -0.15) is 0 Å². The van der Waals surface area contributed by atoms with Crippen molar-refractivity contribution in [2.45, 2.75) is 32.4 Å². The summed E-state index contributed by atoms with van der Waals surface area (Å²) in [4.78, 5) is 12.3. The minimum absolute atomic E-state index is 0.178. The fourth-order valence-electron chi connectivity index (χ4n) is 2.13. The van der Waals surface area contributed by atoms with E-state index in [0.29, 0.717) is 12.2 Å². The maximum absolute atomic E-state index is 12.9. The van der Waals surface area contributed by atoms with Crippen molar-refractivity contribution in [1.82, 2.24) is 5.32 Å². The summed E-state index contributed by atoms with van der Waals surface area (Å²) in [6.07, 6.45) is 0.0157. The molecule has 2 rings (SSSR count). The molecule has 0 spiro atoms. The van der Waals surface area contributed by atoms with E-state index in [-0.39, 0.29) is 17.8 Å². The largest absolute Gasteiger partial charge is 0.481 e. The first kappa shape index (κ1) is 16.0. The molecule has 0 saturated heterocycles. The van der Waals surface area contributed by atoms with Crippen molar-refractivity contribution in [2.75, 3.05) is 0 Å². The number of amides is 1. The topological polar surface area (TPSA) is 38.3 Å². The first-order valence-corrected chi connectivity index (χ1v) is 7.37. The van der Waals surface area contributed by atoms with Crippen LogP contribution in [0.5, 0.6) is 5.75 Å². The molecule has 0 aliphatic rings. The zero-order valence-corrected chi connectivity index (χ0v) is 12.8. The van der Waals surface area contributed by atoms with Gasteiger partial charge in [-0.25, -0.2) is 4.39 Å². The first-order chi connectivity index (χ1) is 10.6. The molecule has 1 amide bonds. The second-order valence-corrected chi connectivity index (χ2v) is 5.11. The van der Waals surface area contributed by atoms with E-state index in [1.807, 2.05) is 44.2 Å². The van der Waals surface area contributed by atoms with Gasteiger partial charge in [-0.3, -0.25) is 4.79 Å². The molecule has 0 aliphatic heterocycles. The smallest absolute Gasteiger partial charge is 0.261 e. The Hall–Kier alpha value is -2.36. The minimum Gasteiger partial charge on any atom is -0.481 e. The van der Waals surface area contributed by atoms with Gasteiger partial charge in [0, 0.05) is 0 Å². The average Bonchev–Trinajstić information content (AvgIpc) is 2.54. The molecule has 0 bridgehead atoms. The van der Waals surface area contributed by atoms with Crippen molar-refractivity contribution in [3.63, 3.8) is 0 Å². The third-order valence-electron chi connectivity index (χ3n) is 3.41. The highest BCUT2D eigenvalue weighted by Crippen LogP contribution is 2.16. The second-order valence-electron chi connectivity index (χ2n) is 5.11. The zero-order valence-electron chi connectivity index (χ0n) is 12.8. The van der Waals surface area contributed by atoms with Gasteiger partial charge in [0.15, 0.2) is 6.10 Å². The number of nitrogens with one attached hydrogen (secondary N) is 1. The minimum atomic E-state index is -0.551. The van der Waals surface area contributed by atoms with Crippen molar-refractivity contribution >= 4 is 5.91 Å². The lowest BCUT2D eigenvalue weighted by atomic mass is 10.1. The van der Waals surface area contributed by atoms with Crippen molar-refractivity contribution in [2.24, 2.45) is 0 Å². The molecule has 2 aromatic rings. The third-order valence-corrected chi connectivity index (χ3v) is 3.41. The Balaban J connectivity index is 1.98. The number of hydrogen-bond donors (Lipinski definition) is 1. The molecule has 4 heteroatoms. The molecule has 22 heavy (non-hydrogen) atoms. The molecule has 0 heterocycles. The number of halogens is 1. The third kappa shape index (κ3) is 4.32. The van der Waals surface area contributed by atoms with E-state index in [9.17, 15) is 9.18 Å². The Morgan fingerprint density at radius 3 is 2.36 bits per heavy atom.